The number of aryl methyl sites for hydroxylation is 2. The Morgan fingerprint density at radius 1 is 1.27 bits per heavy atom. The van der Waals surface area contributed by atoms with Crippen molar-refractivity contribution in [3.63, 3.8) is 0 Å². The molecular formula is C18H26N6O2. The van der Waals surface area contributed by atoms with Crippen LogP contribution in [0.4, 0.5) is 0 Å². The molecule has 2 aromatic rings. The third-order valence-corrected chi connectivity index (χ3v) is 3.94. The number of benzene rings is 1. The molecule has 0 atom stereocenters. The third kappa shape index (κ3) is 5.65. The molecule has 0 unspecified atom stereocenters. The highest BCUT2D eigenvalue weighted by molar-refractivity contribution is 5.88. The average molecular weight is 358 g/mol. The molecule has 0 aliphatic rings. The van der Waals surface area contributed by atoms with Crippen LogP contribution in [-0.2, 0) is 11.2 Å². The zero-order chi connectivity index (χ0) is 18.9. The highest BCUT2D eigenvalue weighted by Gasteiger charge is 2.08. The molecule has 0 saturated heterocycles. The van der Waals surface area contributed by atoms with E-state index in [0.29, 0.717) is 18.1 Å². The Morgan fingerprint density at radius 3 is 2.73 bits per heavy atom. The average Bonchev–Trinajstić information content (AvgIpc) is 3.07. The van der Waals surface area contributed by atoms with Crippen LogP contribution in [0.2, 0.25) is 0 Å². The summed E-state index contributed by atoms with van der Waals surface area (Å²) in [7, 11) is 3.33. The second-order valence-electron chi connectivity index (χ2n) is 5.95. The summed E-state index contributed by atoms with van der Waals surface area (Å²) < 4.78 is 10.7. The molecule has 0 fully saturated rings. The molecule has 140 valence electrons. The summed E-state index contributed by atoms with van der Waals surface area (Å²) >= 11 is 0. The van der Waals surface area contributed by atoms with Crippen LogP contribution >= 0.6 is 0 Å². The highest BCUT2D eigenvalue weighted by Crippen LogP contribution is 2.23. The number of methoxy groups -OCH3 is 1. The second kappa shape index (κ2) is 9.65. The van der Waals surface area contributed by atoms with Gasteiger partial charge < -0.3 is 9.47 Å². The zero-order valence-corrected chi connectivity index (χ0v) is 15.8. The van der Waals surface area contributed by atoms with Crippen LogP contribution < -0.4 is 4.74 Å². The van der Waals surface area contributed by atoms with Crippen LogP contribution in [0, 0.1) is 12.3 Å². The Bertz CT molecular complexity index is 769. The maximum absolute atomic E-state index is 7.77. The van der Waals surface area contributed by atoms with E-state index < -0.39 is 0 Å². The van der Waals surface area contributed by atoms with Crippen molar-refractivity contribution in [2.45, 2.75) is 46.0 Å². The lowest BCUT2D eigenvalue weighted by atomic mass is 10.0. The summed E-state index contributed by atoms with van der Waals surface area (Å²) in [5.41, 5.74) is 1.98. The summed E-state index contributed by atoms with van der Waals surface area (Å²) in [6.45, 7) is 3.56. The zero-order valence-electron chi connectivity index (χ0n) is 15.8. The molecule has 1 aromatic heterocycles. The Labute approximate surface area is 153 Å². The first-order chi connectivity index (χ1) is 12.5. The van der Waals surface area contributed by atoms with Gasteiger partial charge in [0, 0.05) is 20.4 Å². The van der Waals surface area contributed by atoms with Crippen LogP contribution in [-0.4, -0.2) is 46.2 Å². The van der Waals surface area contributed by atoms with Crippen molar-refractivity contribution in [2.24, 2.45) is 4.99 Å². The molecule has 8 heteroatoms. The Hall–Kier alpha value is -2.77. The predicted molar refractivity (Wildman–Crippen MR) is 100 cm³/mol. The summed E-state index contributed by atoms with van der Waals surface area (Å²) in [4.78, 5) is 5.41. The third-order valence-electron chi connectivity index (χ3n) is 3.94. The topological polar surface area (TPSA) is 98.3 Å². The smallest absolute Gasteiger partial charge is 0.189 e. The number of aliphatic imine (C=N–C) groups is 1. The van der Waals surface area contributed by atoms with Gasteiger partial charge >= 0.3 is 0 Å². The molecule has 0 radical (unpaired) electrons. The van der Waals surface area contributed by atoms with Crippen molar-refractivity contribution in [3.8, 4) is 11.4 Å². The van der Waals surface area contributed by atoms with E-state index in [1.165, 1.54) is 4.80 Å². The fourth-order valence-corrected chi connectivity index (χ4v) is 2.53. The Kier molecular flexibility index (Phi) is 7.25. The van der Waals surface area contributed by atoms with Crippen molar-refractivity contribution in [2.75, 3.05) is 14.2 Å². The summed E-state index contributed by atoms with van der Waals surface area (Å²) in [6, 6.07) is 5.88. The maximum atomic E-state index is 7.77. The predicted octanol–water partition coefficient (Wildman–Crippen LogP) is 3.12. The Morgan fingerprint density at radius 2 is 2.08 bits per heavy atom. The number of hydrogen-bond donors (Lipinski definition) is 1. The van der Waals surface area contributed by atoms with Gasteiger partial charge in [0.05, 0.1) is 12.8 Å². The van der Waals surface area contributed by atoms with E-state index >= 15 is 0 Å². The van der Waals surface area contributed by atoms with Gasteiger partial charge in [-0.25, -0.2) is 0 Å². The molecular weight excluding hydrogens is 332 g/mol. The molecule has 1 aromatic carbocycles. The van der Waals surface area contributed by atoms with Gasteiger partial charge in [0.1, 0.15) is 5.75 Å². The first-order valence-electron chi connectivity index (χ1n) is 8.66. The fourth-order valence-electron chi connectivity index (χ4n) is 2.53. The monoisotopic (exact) mass is 358 g/mol. The maximum Gasteiger partial charge on any atom is 0.189 e. The van der Waals surface area contributed by atoms with Gasteiger partial charge in [-0.1, -0.05) is 6.42 Å². The van der Waals surface area contributed by atoms with Crippen molar-refractivity contribution in [3.05, 3.63) is 29.6 Å². The van der Waals surface area contributed by atoms with Crippen LogP contribution in [0.5, 0.6) is 5.75 Å². The van der Waals surface area contributed by atoms with Gasteiger partial charge in [-0.3, -0.25) is 10.4 Å². The molecule has 0 spiro atoms. The minimum atomic E-state index is 0.264. The highest BCUT2D eigenvalue weighted by atomic mass is 16.5. The van der Waals surface area contributed by atoms with Gasteiger partial charge in [-0.05, 0) is 55.2 Å². The van der Waals surface area contributed by atoms with Gasteiger partial charge in [-0.15, -0.1) is 15.0 Å². The number of nitrogens with one attached hydrogen (secondary N) is 1. The lowest BCUT2D eigenvalue weighted by molar-refractivity contribution is 0.408. The number of nitrogens with zero attached hydrogens (tertiary/aromatic N) is 5. The van der Waals surface area contributed by atoms with E-state index in [0.717, 1.165) is 42.7 Å². The lowest BCUT2D eigenvalue weighted by Crippen LogP contribution is -2.08. The molecule has 26 heavy (non-hydrogen) atoms. The molecule has 0 bridgehead atoms. The van der Waals surface area contributed by atoms with E-state index in [9.17, 15) is 0 Å². The summed E-state index contributed by atoms with van der Waals surface area (Å²) in [6.07, 6.45) is 4.40. The molecule has 0 saturated carbocycles. The number of rotatable bonds is 8. The van der Waals surface area contributed by atoms with Crippen LogP contribution in [0.25, 0.3) is 5.69 Å². The van der Waals surface area contributed by atoms with Crippen molar-refractivity contribution >= 4 is 11.8 Å². The van der Waals surface area contributed by atoms with E-state index in [1.54, 1.807) is 21.1 Å². The quantitative estimate of drug-likeness (QED) is 0.444. The minimum absolute atomic E-state index is 0.264. The van der Waals surface area contributed by atoms with Crippen LogP contribution in [0.1, 0.15) is 44.0 Å². The normalized spacial score (nSPS) is 11.5. The van der Waals surface area contributed by atoms with Crippen LogP contribution in [0.15, 0.2) is 23.2 Å². The lowest BCUT2D eigenvalue weighted by Gasteiger charge is -2.10. The number of ether oxygens (including phenoxy) is 2. The second-order valence-corrected chi connectivity index (χ2v) is 5.95. The SMILES string of the molecule is C/N=C(/C)OC(=N)CCCCCc1cc(-n2nnc(C)n2)ccc1OC. The molecule has 0 amide bonds. The van der Waals surface area contributed by atoms with E-state index in [-0.39, 0.29) is 5.90 Å². The molecule has 0 aliphatic carbocycles. The molecule has 0 aliphatic heterocycles. The van der Waals surface area contributed by atoms with E-state index in [2.05, 4.69) is 20.4 Å². The number of tetrazole rings is 1. The standard InChI is InChI=1S/C18H26N6O2/c1-13-21-23-24(22-13)16-10-11-17(25-4)15(12-16)8-6-5-7-9-18(19)26-14(2)20-3/h10-12,19H,5-9H2,1-4H3/b19-18?,20-14-. The van der Waals surface area contributed by atoms with Crippen molar-refractivity contribution in [1.29, 1.82) is 5.41 Å². The van der Waals surface area contributed by atoms with Crippen LogP contribution in [0.3, 0.4) is 0 Å². The first kappa shape index (κ1) is 19.6. The van der Waals surface area contributed by atoms with Crippen molar-refractivity contribution < 1.29 is 9.47 Å². The van der Waals surface area contributed by atoms with E-state index in [1.807, 2.05) is 25.1 Å². The largest absolute Gasteiger partial charge is 0.496 e. The summed E-state index contributed by atoms with van der Waals surface area (Å²) in [5, 5.41) is 19.9. The van der Waals surface area contributed by atoms with Gasteiger partial charge in [-0.2, -0.15) is 0 Å². The Balaban J connectivity index is 1.87. The number of aromatic nitrogens is 4. The fraction of sp³-hybridized carbons (Fsp3) is 0.500. The van der Waals surface area contributed by atoms with Crippen molar-refractivity contribution in [1.82, 2.24) is 20.2 Å². The molecule has 1 heterocycles. The molecule has 2 rings (SSSR count). The number of hydrogen-bond acceptors (Lipinski definition) is 7. The summed E-state index contributed by atoms with van der Waals surface area (Å²) in [5.74, 6) is 2.28. The van der Waals surface area contributed by atoms with Gasteiger partial charge in [0.2, 0.25) is 0 Å². The van der Waals surface area contributed by atoms with Gasteiger partial charge in [0.15, 0.2) is 17.6 Å². The number of unbranched alkanes of at least 4 members (excludes halogenated alkanes) is 2. The minimum Gasteiger partial charge on any atom is -0.496 e. The molecule has 1 N–H and O–H groups in total. The molecule has 8 nitrogen and oxygen atoms in total. The van der Waals surface area contributed by atoms with Gasteiger partial charge in [0.25, 0.3) is 0 Å². The van der Waals surface area contributed by atoms with E-state index in [4.69, 9.17) is 14.9 Å². The first-order valence-corrected chi connectivity index (χ1v) is 8.66.